The minimum Gasteiger partial charge on any atom is -0.506 e. The van der Waals surface area contributed by atoms with Crippen molar-refractivity contribution in [3.05, 3.63) is 63.5 Å². The number of hydrogen-bond donors (Lipinski definition) is 2. The molecule has 122 valence electrons. The van der Waals surface area contributed by atoms with E-state index < -0.39 is 0 Å². The molecule has 0 spiro atoms. The minimum atomic E-state index is -0.285. The Bertz CT molecular complexity index is 889. The second-order valence-electron chi connectivity index (χ2n) is 5.13. The lowest BCUT2D eigenvalue weighted by Crippen LogP contribution is -2.20. The summed E-state index contributed by atoms with van der Waals surface area (Å²) in [7, 11) is 0. The van der Waals surface area contributed by atoms with Crippen molar-refractivity contribution in [3.63, 3.8) is 0 Å². The molecule has 24 heavy (non-hydrogen) atoms. The zero-order chi connectivity index (χ0) is 17.1. The van der Waals surface area contributed by atoms with Gasteiger partial charge in [-0.2, -0.15) is 0 Å². The van der Waals surface area contributed by atoms with Crippen LogP contribution in [0, 0.1) is 0 Å². The first-order valence-corrected chi connectivity index (χ1v) is 8.71. The molecule has 4 nitrogen and oxygen atoms in total. The molecule has 0 radical (unpaired) electrons. The molecule has 0 aliphatic rings. The first-order chi connectivity index (χ1) is 11.5. The van der Waals surface area contributed by atoms with Gasteiger partial charge in [0.05, 0.1) is 8.95 Å². The molecule has 0 atom stereocenters. The number of nitrogens with one attached hydrogen (secondary N) is 1. The van der Waals surface area contributed by atoms with Crippen LogP contribution in [0.4, 0.5) is 5.69 Å². The van der Waals surface area contributed by atoms with Crippen molar-refractivity contribution < 1.29 is 14.6 Å². The van der Waals surface area contributed by atoms with Gasteiger partial charge < -0.3 is 15.2 Å². The summed E-state index contributed by atoms with van der Waals surface area (Å²) >= 11 is 6.45. The molecule has 0 saturated carbocycles. The Hall–Kier alpha value is -2.05. The molecular formula is C18H13Br2NO3. The third kappa shape index (κ3) is 3.88. The lowest BCUT2D eigenvalue weighted by atomic mass is 10.1. The number of aromatic hydroxyl groups is 1. The molecule has 6 heteroatoms. The fraction of sp³-hybridized carbons (Fsp3) is 0.0556. The lowest BCUT2D eigenvalue weighted by Gasteiger charge is -2.10. The van der Waals surface area contributed by atoms with E-state index in [0.717, 1.165) is 10.8 Å². The molecule has 2 N–H and O–H groups in total. The highest BCUT2D eigenvalue weighted by Crippen LogP contribution is 2.35. The molecular weight excluding hydrogens is 438 g/mol. The van der Waals surface area contributed by atoms with Gasteiger partial charge in [0, 0.05) is 5.69 Å². The third-order valence-electron chi connectivity index (χ3n) is 3.39. The highest BCUT2D eigenvalue weighted by Gasteiger charge is 2.09. The molecule has 0 aliphatic carbocycles. The van der Waals surface area contributed by atoms with E-state index in [1.54, 1.807) is 12.1 Å². The molecule has 3 aromatic rings. The van der Waals surface area contributed by atoms with Gasteiger partial charge in [0.25, 0.3) is 5.91 Å². The van der Waals surface area contributed by atoms with Crippen LogP contribution >= 0.6 is 31.9 Å². The van der Waals surface area contributed by atoms with Crippen molar-refractivity contribution in [1.29, 1.82) is 0 Å². The fourth-order valence-corrected chi connectivity index (χ4v) is 3.43. The second kappa shape index (κ2) is 7.23. The predicted molar refractivity (Wildman–Crippen MR) is 102 cm³/mol. The summed E-state index contributed by atoms with van der Waals surface area (Å²) < 4.78 is 6.52. The summed E-state index contributed by atoms with van der Waals surface area (Å²) in [4.78, 5) is 12.0. The standard InChI is InChI=1S/C18H13Br2NO3/c19-15-8-13(9-16(20)18(15)23)21-17(22)10-24-14-6-5-11-3-1-2-4-12(11)7-14/h1-9,23H,10H2,(H,21,22). The van der Waals surface area contributed by atoms with Crippen molar-refractivity contribution >= 4 is 54.2 Å². The van der Waals surface area contributed by atoms with Crippen molar-refractivity contribution in [2.75, 3.05) is 11.9 Å². The number of carbonyl (C=O) groups is 1. The van der Waals surface area contributed by atoms with E-state index >= 15 is 0 Å². The van der Waals surface area contributed by atoms with E-state index in [1.165, 1.54) is 0 Å². The van der Waals surface area contributed by atoms with Crippen LogP contribution in [0.3, 0.4) is 0 Å². The topological polar surface area (TPSA) is 58.6 Å². The third-order valence-corrected chi connectivity index (χ3v) is 4.60. The van der Waals surface area contributed by atoms with Crippen LogP contribution in [0.2, 0.25) is 0 Å². The Kier molecular flexibility index (Phi) is 5.06. The van der Waals surface area contributed by atoms with Crippen LogP contribution in [0.15, 0.2) is 63.5 Å². The Labute approximate surface area is 155 Å². The van der Waals surface area contributed by atoms with Gasteiger partial charge in [-0.3, -0.25) is 4.79 Å². The molecule has 0 saturated heterocycles. The SMILES string of the molecule is O=C(COc1ccc2ccccc2c1)Nc1cc(Br)c(O)c(Br)c1. The average molecular weight is 451 g/mol. The lowest BCUT2D eigenvalue weighted by molar-refractivity contribution is -0.118. The normalized spacial score (nSPS) is 10.6. The summed E-state index contributed by atoms with van der Waals surface area (Å²) in [5.41, 5.74) is 0.554. The Morgan fingerprint density at radius 1 is 1.00 bits per heavy atom. The molecule has 0 bridgehead atoms. The van der Waals surface area contributed by atoms with Gasteiger partial charge >= 0.3 is 0 Å². The van der Waals surface area contributed by atoms with Crippen LogP contribution < -0.4 is 10.1 Å². The van der Waals surface area contributed by atoms with Gasteiger partial charge in [0.15, 0.2) is 6.61 Å². The monoisotopic (exact) mass is 449 g/mol. The number of anilines is 1. The van der Waals surface area contributed by atoms with Crippen molar-refractivity contribution in [2.24, 2.45) is 0 Å². The van der Waals surface area contributed by atoms with Crippen molar-refractivity contribution in [1.82, 2.24) is 0 Å². The van der Waals surface area contributed by atoms with E-state index in [4.69, 9.17) is 4.74 Å². The average Bonchev–Trinajstić information content (AvgIpc) is 2.57. The van der Waals surface area contributed by atoms with Gasteiger partial charge in [0.2, 0.25) is 0 Å². The smallest absolute Gasteiger partial charge is 0.262 e. The van der Waals surface area contributed by atoms with E-state index in [-0.39, 0.29) is 18.3 Å². The van der Waals surface area contributed by atoms with Crippen molar-refractivity contribution in [3.8, 4) is 11.5 Å². The Balaban J connectivity index is 1.64. The number of benzene rings is 3. The number of phenols is 1. The summed E-state index contributed by atoms with van der Waals surface area (Å²) in [6.45, 7) is -0.103. The summed E-state index contributed by atoms with van der Waals surface area (Å²) in [5, 5.41) is 14.6. The highest BCUT2D eigenvalue weighted by molar-refractivity contribution is 9.11. The molecule has 0 heterocycles. The van der Waals surface area contributed by atoms with E-state index in [2.05, 4.69) is 37.2 Å². The molecule has 0 unspecified atom stereocenters. The zero-order valence-corrected chi connectivity index (χ0v) is 15.6. The number of phenolic OH excluding ortho intramolecular Hbond substituents is 1. The Morgan fingerprint density at radius 3 is 2.38 bits per heavy atom. The van der Waals surface area contributed by atoms with Crippen molar-refractivity contribution in [2.45, 2.75) is 0 Å². The van der Waals surface area contributed by atoms with Crippen LogP contribution in [0.1, 0.15) is 0 Å². The van der Waals surface area contributed by atoms with Gasteiger partial charge in [-0.05, 0) is 66.9 Å². The number of fused-ring (bicyclic) bond motifs is 1. The van der Waals surface area contributed by atoms with Gasteiger partial charge in [0.1, 0.15) is 11.5 Å². The van der Waals surface area contributed by atoms with Gasteiger partial charge in [-0.25, -0.2) is 0 Å². The minimum absolute atomic E-state index is 0.0837. The maximum Gasteiger partial charge on any atom is 0.262 e. The zero-order valence-electron chi connectivity index (χ0n) is 12.4. The molecule has 0 aliphatic heterocycles. The summed E-state index contributed by atoms with van der Waals surface area (Å²) in [5.74, 6) is 0.435. The number of carbonyl (C=O) groups excluding carboxylic acids is 1. The highest BCUT2D eigenvalue weighted by atomic mass is 79.9. The predicted octanol–water partition coefficient (Wildman–Crippen LogP) is 5.09. The van der Waals surface area contributed by atoms with E-state index in [1.807, 2.05) is 42.5 Å². The van der Waals surface area contributed by atoms with Gasteiger partial charge in [-0.15, -0.1) is 0 Å². The number of amides is 1. The second-order valence-corrected chi connectivity index (χ2v) is 6.84. The Morgan fingerprint density at radius 2 is 1.67 bits per heavy atom. The number of rotatable bonds is 4. The van der Waals surface area contributed by atoms with E-state index in [0.29, 0.717) is 20.4 Å². The first-order valence-electron chi connectivity index (χ1n) is 7.12. The maximum atomic E-state index is 12.0. The summed E-state index contributed by atoms with van der Waals surface area (Å²) in [6.07, 6.45) is 0. The maximum absolute atomic E-state index is 12.0. The number of halogens is 2. The van der Waals surface area contributed by atoms with Crippen LogP contribution in [0.25, 0.3) is 10.8 Å². The number of hydrogen-bond acceptors (Lipinski definition) is 3. The van der Waals surface area contributed by atoms with Crippen LogP contribution in [-0.2, 0) is 4.79 Å². The van der Waals surface area contributed by atoms with Gasteiger partial charge in [-0.1, -0.05) is 30.3 Å². The molecule has 3 aromatic carbocycles. The van der Waals surface area contributed by atoms with Crippen LogP contribution in [0.5, 0.6) is 11.5 Å². The summed E-state index contributed by atoms with van der Waals surface area (Å²) in [6, 6.07) is 16.9. The molecule has 0 fully saturated rings. The number of ether oxygens (including phenoxy) is 1. The van der Waals surface area contributed by atoms with E-state index in [9.17, 15) is 9.90 Å². The molecule has 3 rings (SSSR count). The first kappa shape index (κ1) is 16.8. The quantitative estimate of drug-likeness (QED) is 0.544. The molecule has 1 amide bonds. The molecule has 0 aromatic heterocycles. The fourth-order valence-electron chi connectivity index (χ4n) is 2.24. The van der Waals surface area contributed by atoms with Crippen LogP contribution in [-0.4, -0.2) is 17.6 Å². The largest absolute Gasteiger partial charge is 0.506 e.